The Morgan fingerprint density at radius 2 is 1.93 bits per heavy atom. The van der Waals surface area contributed by atoms with Crippen LogP contribution in [0.25, 0.3) is 11.5 Å². The Morgan fingerprint density at radius 3 is 2.59 bits per heavy atom. The molecule has 1 N–H and O–H groups in total. The number of nitrogens with zero attached hydrogens (tertiary/aromatic N) is 1. The third kappa shape index (κ3) is 5.23. The van der Waals surface area contributed by atoms with Crippen LogP contribution in [0, 0.1) is 13.8 Å². The number of carbonyl (C=O) groups is 1. The molecule has 0 spiro atoms. The van der Waals surface area contributed by atoms with Crippen molar-refractivity contribution in [2.45, 2.75) is 39.9 Å². The molecule has 0 saturated heterocycles. The van der Waals surface area contributed by atoms with E-state index in [1.807, 2.05) is 62.4 Å². The van der Waals surface area contributed by atoms with Crippen LogP contribution >= 0.6 is 0 Å². The maximum absolute atomic E-state index is 11.3. The van der Waals surface area contributed by atoms with Gasteiger partial charge in [-0.05, 0) is 56.2 Å². The summed E-state index contributed by atoms with van der Waals surface area (Å²) in [4.78, 5) is 15.8. The molecule has 6 nitrogen and oxygen atoms in total. The van der Waals surface area contributed by atoms with E-state index in [4.69, 9.17) is 13.9 Å². The molecule has 1 atom stereocenters. The number of rotatable bonds is 9. The minimum Gasteiger partial charge on any atom is -0.487 e. The molecule has 0 aliphatic heterocycles. The first-order valence-electron chi connectivity index (χ1n) is 9.56. The van der Waals surface area contributed by atoms with Gasteiger partial charge in [0.05, 0.1) is 0 Å². The van der Waals surface area contributed by atoms with Gasteiger partial charge in [-0.2, -0.15) is 0 Å². The van der Waals surface area contributed by atoms with Crippen LogP contribution in [-0.4, -0.2) is 28.8 Å². The van der Waals surface area contributed by atoms with Crippen LogP contribution < -0.4 is 4.74 Å². The number of hydrogen-bond acceptors (Lipinski definition) is 5. The fourth-order valence-corrected chi connectivity index (χ4v) is 3.02. The van der Waals surface area contributed by atoms with Crippen LogP contribution in [0.4, 0.5) is 0 Å². The molecule has 1 heterocycles. The van der Waals surface area contributed by atoms with E-state index in [1.165, 1.54) is 0 Å². The Hall–Kier alpha value is -3.12. The second-order valence-corrected chi connectivity index (χ2v) is 6.75. The second kappa shape index (κ2) is 9.39. The predicted molar refractivity (Wildman–Crippen MR) is 109 cm³/mol. The third-order valence-electron chi connectivity index (χ3n) is 4.65. The summed E-state index contributed by atoms with van der Waals surface area (Å²) in [5.41, 5.74) is 3.54. The van der Waals surface area contributed by atoms with E-state index in [0.717, 1.165) is 28.1 Å². The smallest absolute Gasteiger partial charge is 0.333 e. The molecular weight excluding hydrogens is 370 g/mol. The lowest BCUT2D eigenvalue weighted by molar-refractivity contribution is -0.149. The topological polar surface area (TPSA) is 81.8 Å². The van der Waals surface area contributed by atoms with Crippen molar-refractivity contribution in [2.24, 2.45) is 0 Å². The normalized spacial score (nSPS) is 12.0. The minimum absolute atomic E-state index is 0.289. The molecule has 1 unspecified atom stereocenters. The summed E-state index contributed by atoms with van der Waals surface area (Å²) in [7, 11) is 0. The van der Waals surface area contributed by atoms with E-state index in [9.17, 15) is 9.90 Å². The Labute approximate surface area is 170 Å². The van der Waals surface area contributed by atoms with Crippen LogP contribution in [0.15, 0.2) is 52.9 Å². The number of hydrogen-bond donors (Lipinski definition) is 1. The lowest BCUT2D eigenvalue weighted by atomic mass is 10.0. The number of benzene rings is 2. The van der Waals surface area contributed by atoms with Crippen molar-refractivity contribution in [3.05, 3.63) is 71.1 Å². The average Bonchev–Trinajstić information content (AvgIpc) is 3.09. The second-order valence-electron chi connectivity index (χ2n) is 6.75. The number of carboxylic acids is 1. The van der Waals surface area contributed by atoms with E-state index in [2.05, 4.69) is 4.98 Å². The van der Waals surface area contributed by atoms with Crippen LogP contribution in [0.2, 0.25) is 0 Å². The first kappa shape index (κ1) is 20.6. The number of carboxylic acid groups (broad SMARTS) is 1. The van der Waals surface area contributed by atoms with Crippen molar-refractivity contribution in [2.75, 3.05) is 6.61 Å². The van der Waals surface area contributed by atoms with Gasteiger partial charge in [0.1, 0.15) is 23.8 Å². The highest BCUT2D eigenvalue weighted by Gasteiger charge is 2.19. The van der Waals surface area contributed by atoms with Gasteiger partial charge in [0.15, 0.2) is 6.10 Å². The zero-order valence-corrected chi connectivity index (χ0v) is 16.8. The molecule has 2 aromatic carbocycles. The van der Waals surface area contributed by atoms with Gasteiger partial charge in [0.25, 0.3) is 0 Å². The van der Waals surface area contributed by atoms with Crippen molar-refractivity contribution in [1.82, 2.24) is 4.98 Å². The van der Waals surface area contributed by atoms with Gasteiger partial charge in [0, 0.05) is 18.6 Å². The summed E-state index contributed by atoms with van der Waals surface area (Å²) in [6.07, 6.45) is -0.530. The first-order chi connectivity index (χ1) is 14.0. The molecule has 152 valence electrons. The fourth-order valence-electron chi connectivity index (χ4n) is 3.02. The maximum Gasteiger partial charge on any atom is 0.333 e. The molecule has 0 bridgehead atoms. The van der Waals surface area contributed by atoms with Gasteiger partial charge in [-0.3, -0.25) is 0 Å². The first-order valence-corrected chi connectivity index (χ1v) is 9.56. The van der Waals surface area contributed by atoms with Crippen LogP contribution in [0.1, 0.15) is 29.5 Å². The average molecular weight is 395 g/mol. The lowest BCUT2D eigenvalue weighted by Gasteiger charge is -2.15. The minimum atomic E-state index is -0.956. The summed E-state index contributed by atoms with van der Waals surface area (Å²) in [5.74, 6) is 1.03. The van der Waals surface area contributed by atoms with Gasteiger partial charge in [-0.25, -0.2) is 9.78 Å². The van der Waals surface area contributed by atoms with Crippen LogP contribution in [0.5, 0.6) is 5.75 Å². The molecule has 3 aromatic rings. The lowest BCUT2D eigenvalue weighted by Crippen LogP contribution is -2.26. The predicted octanol–water partition coefficient (Wildman–Crippen LogP) is 4.57. The molecule has 1 aromatic heterocycles. The zero-order chi connectivity index (χ0) is 20.8. The quantitative estimate of drug-likeness (QED) is 0.572. The number of ether oxygens (including phenoxy) is 2. The Kier molecular flexibility index (Phi) is 6.67. The van der Waals surface area contributed by atoms with E-state index in [0.29, 0.717) is 24.7 Å². The number of aromatic nitrogens is 1. The van der Waals surface area contributed by atoms with E-state index < -0.39 is 12.1 Å². The highest BCUT2D eigenvalue weighted by atomic mass is 16.5. The Balaban J connectivity index is 1.67. The monoisotopic (exact) mass is 395 g/mol. The summed E-state index contributed by atoms with van der Waals surface area (Å²) in [5, 5.41) is 9.27. The third-order valence-corrected chi connectivity index (χ3v) is 4.65. The van der Waals surface area contributed by atoms with Crippen molar-refractivity contribution < 1.29 is 23.8 Å². The van der Waals surface area contributed by atoms with Gasteiger partial charge >= 0.3 is 5.97 Å². The molecule has 0 fully saturated rings. The fraction of sp³-hybridized carbons (Fsp3) is 0.304. The van der Waals surface area contributed by atoms with Crippen LogP contribution in [-0.2, 0) is 22.6 Å². The Morgan fingerprint density at radius 1 is 1.17 bits per heavy atom. The standard InChI is InChI=1S/C23H25NO5/c1-4-27-21(23(25)26)13-18-10-11-19(12-15(18)2)28-14-20-16(3)29-22(24-20)17-8-6-5-7-9-17/h5-12,21H,4,13-14H2,1-3H3,(H,25,26). The summed E-state index contributed by atoms with van der Waals surface area (Å²) in [6.45, 7) is 6.24. The van der Waals surface area contributed by atoms with Crippen LogP contribution in [0.3, 0.4) is 0 Å². The van der Waals surface area contributed by atoms with Gasteiger partial charge in [0.2, 0.25) is 5.89 Å². The summed E-state index contributed by atoms with van der Waals surface area (Å²) < 4.78 is 16.9. The summed E-state index contributed by atoms with van der Waals surface area (Å²) >= 11 is 0. The van der Waals surface area contributed by atoms with E-state index in [-0.39, 0.29) is 6.61 Å². The molecule has 0 saturated carbocycles. The molecule has 0 aliphatic rings. The molecule has 0 amide bonds. The molecule has 6 heteroatoms. The highest BCUT2D eigenvalue weighted by Crippen LogP contribution is 2.24. The van der Waals surface area contributed by atoms with Crippen molar-refractivity contribution in [3.8, 4) is 17.2 Å². The highest BCUT2D eigenvalue weighted by molar-refractivity contribution is 5.72. The number of aliphatic carboxylic acids is 1. The maximum atomic E-state index is 11.3. The van der Waals surface area contributed by atoms with E-state index >= 15 is 0 Å². The molecular formula is C23H25NO5. The molecule has 0 radical (unpaired) electrons. The van der Waals surface area contributed by atoms with Gasteiger partial charge < -0.3 is 19.0 Å². The Bertz CT molecular complexity index is 965. The van der Waals surface area contributed by atoms with Crippen molar-refractivity contribution in [1.29, 1.82) is 0 Å². The van der Waals surface area contributed by atoms with Crippen molar-refractivity contribution >= 4 is 5.97 Å². The SMILES string of the molecule is CCOC(Cc1ccc(OCc2nc(-c3ccccc3)oc2C)cc1C)C(=O)O. The zero-order valence-electron chi connectivity index (χ0n) is 16.8. The molecule has 29 heavy (non-hydrogen) atoms. The number of aryl methyl sites for hydroxylation is 2. The van der Waals surface area contributed by atoms with Gasteiger partial charge in [-0.1, -0.05) is 24.3 Å². The largest absolute Gasteiger partial charge is 0.487 e. The van der Waals surface area contributed by atoms with Gasteiger partial charge in [-0.15, -0.1) is 0 Å². The number of oxazole rings is 1. The van der Waals surface area contributed by atoms with E-state index in [1.54, 1.807) is 6.92 Å². The molecule has 3 rings (SSSR count). The summed E-state index contributed by atoms with van der Waals surface area (Å²) in [6, 6.07) is 15.3. The van der Waals surface area contributed by atoms with Crippen molar-refractivity contribution in [3.63, 3.8) is 0 Å². The molecule has 0 aliphatic carbocycles.